The summed E-state index contributed by atoms with van der Waals surface area (Å²) < 4.78 is 24.3. The molecule has 6 heteroatoms. The van der Waals surface area contributed by atoms with Gasteiger partial charge in [-0.05, 0) is 42.5 Å². The fourth-order valence-electron chi connectivity index (χ4n) is 1.68. The molecular formula is C13H23NO2S3. The molecule has 2 N–H and O–H groups in total. The Morgan fingerprint density at radius 1 is 1.47 bits per heavy atom. The summed E-state index contributed by atoms with van der Waals surface area (Å²) in [5, 5.41) is 1.67. The van der Waals surface area contributed by atoms with Gasteiger partial charge >= 0.3 is 0 Å². The molecule has 19 heavy (non-hydrogen) atoms. The van der Waals surface area contributed by atoms with Gasteiger partial charge in [0.05, 0.1) is 5.25 Å². The third-order valence-electron chi connectivity index (χ3n) is 2.85. The van der Waals surface area contributed by atoms with Crippen LogP contribution in [0, 0.1) is 5.92 Å². The highest BCUT2D eigenvalue weighted by Crippen LogP contribution is 2.30. The molecule has 3 nitrogen and oxygen atoms in total. The molecule has 1 aromatic heterocycles. The van der Waals surface area contributed by atoms with Gasteiger partial charge in [-0.2, -0.15) is 11.8 Å². The van der Waals surface area contributed by atoms with Gasteiger partial charge < -0.3 is 5.73 Å². The van der Waals surface area contributed by atoms with Crippen molar-refractivity contribution in [3.63, 3.8) is 0 Å². The lowest BCUT2D eigenvalue weighted by Gasteiger charge is -2.07. The van der Waals surface area contributed by atoms with E-state index in [1.54, 1.807) is 23.9 Å². The molecule has 1 aliphatic heterocycles. The predicted molar refractivity (Wildman–Crippen MR) is 85.7 cm³/mol. The third-order valence-corrected chi connectivity index (χ3v) is 7.84. The van der Waals surface area contributed by atoms with E-state index in [0.29, 0.717) is 4.21 Å². The van der Waals surface area contributed by atoms with Gasteiger partial charge in [-0.1, -0.05) is 19.9 Å². The van der Waals surface area contributed by atoms with Gasteiger partial charge in [0.1, 0.15) is 4.21 Å². The first kappa shape index (κ1) is 17.0. The standard InChI is InChI=1S/C8H10O2S3.C5H13N/c9-13(10,7-3-5-11-6-7)8-2-1-4-12-8;1-5(2)3-4-6/h1-2,4,7H,3,5-6H2;5H,3-4,6H2,1-2H3. The second-order valence-corrected chi connectivity index (χ2v) is 9.49. The van der Waals surface area contributed by atoms with Gasteiger partial charge in [-0.15, -0.1) is 11.3 Å². The summed E-state index contributed by atoms with van der Waals surface area (Å²) in [6, 6.07) is 3.49. The molecule has 0 radical (unpaired) electrons. The molecule has 1 fully saturated rings. The maximum atomic E-state index is 11.9. The predicted octanol–water partition coefficient (Wildman–Crippen LogP) is 3.02. The van der Waals surface area contributed by atoms with E-state index in [0.717, 1.165) is 36.8 Å². The first-order valence-electron chi connectivity index (χ1n) is 6.53. The van der Waals surface area contributed by atoms with Crippen molar-refractivity contribution in [2.75, 3.05) is 18.1 Å². The zero-order chi connectivity index (χ0) is 14.3. The monoisotopic (exact) mass is 321 g/mol. The van der Waals surface area contributed by atoms with Crippen LogP contribution in [-0.2, 0) is 9.84 Å². The number of hydrogen-bond acceptors (Lipinski definition) is 5. The summed E-state index contributed by atoms with van der Waals surface area (Å²) in [6.45, 7) is 5.18. The number of nitrogens with two attached hydrogens (primary N) is 1. The molecule has 0 aromatic carbocycles. The van der Waals surface area contributed by atoms with Crippen molar-refractivity contribution in [2.24, 2.45) is 11.7 Å². The number of rotatable bonds is 4. The van der Waals surface area contributed by atoms with Crippen LogP contribution in [0.4, 0.5) is 0 Å². The number of thiophene rings is 1. The normalized spacial score (nSPS) is 19.3. The highest BCUT2D eigenvalue weighted by Gasteiger charge is 2.31. The van der Waals surface area contributed by atoms with Gasteiger partial charge in [0.15, 0.2) is 9.84 Å². The van der Waals surface area contributed by atoms with Crippen LogP contribution >= 0.6 is 23.1 Å². The van der Waals surface area contributed by atoms with E-state index in [4.69, 9.17) is 5.73 Å². The van der Waals surface area contributed by atoms with Crippen molar-refractivity contribution < 1.29 is 8.42 Å². The Kier molecular flexibility index (Phi) is 7.42. The molecule has 0 amide bonds. The SMILES string of the molecule is CC(C)CCN.O=S(=O)(c1cccs1)C1CCSC1. The number of hydrogen-bond donors (Lipinski definition) is 1. The van der Waals surface area contributed by atoms with Crippen molar-refractivity contribution in [3.05, 3.63) is 17.5 Å². The molecule has 0 spiro atoms. The van der Waals surface area contributed by atoms with Crippen LogP contribution in [0.5, 0.6) is 0 Å². The molecule has 2 heterocycles. The molecule has 110 valence electrons. The maximum Gasteiger partial charge on any atom is 0.191 e. The fraction of sp³-hybridized carbons (Fsp3) is 0.692. The Balaban J connectivity index is 0.000000258. The summed E-state index contributed by atoms with van der Waals surface area (Å²) in [6.07, 6.45) is 1.96. The van der Waals surface area contributed by atoms with Crippen LogP contribution in [0.15, 0.2) is 21.7 Å². The third kappa shape index (κ3) is 5.45. The average Bonchev–Trinajstić information content (AvgIpc) is 3.04. The lowest BCUT2D eigenvalue weighted by Crippen LogP contribution is -2.19. The lowest BCUT2D eigenvalue weighted by molar-refractivity contribution is 0.586. The van der Waals surface area contributed by atoms with Crippen molar-refractivity contribution in [1.29, 1.82) is 0 Å². The Bertz CT molecular complexity index is 434. The molecule has 1 atom stereocenters. The summed E-state index contributed by atoms with van der Waals surface area (Å²) >= 11 is 3.05. The van der Waals surface area contributed by atoms with E-state index in [-0.39, 0.29) is 5.25 Å². The highest BCUT2D eigenvalue weighted by atomic mass is 32.2. The van der Waals surface area contributed by atoms with Gasteiger partial charge in [0, 0.05) is 5.75 Å². The van der Waals surface area contributed by atoms with E-state index in [1.165, 1.54) is 11.3 Å². The summed E-state index contributed by atoms with van der Waals surface area (Å²) in [5.41, 5.74) is 5.23. The second kappa shape index (κ2) is 8.29. The van der Waals surface area contributed by atoms with Crippen LogP contribution in [0.1, 0.15) is 26.7 Å². The molecule has 0 aliphatic carbocycles. The molecule has 0 bridgehead atoms. The maximum absolute atomic E-state index is 11.9. The topological polar surface area (TPSA) is 60.2 Å². The molecule has 2 rings (SSSR count). The second-order valence-electron chi connectivity index (χ2n) is 4.93. The molecule has 1 aliphatic rings. The Morgan fingerprint density at radius 2 is 2.21 bits per heavy atom. The average molecular weight is 322 g/mol. The largest absolute Gasteiger partial charge is 0.330 e. The van der Waals surface area contributed by atoms with E-state index >= 15 is 0 Å². The van der Waals surface area contributed by atoms with Crippen LogP contribution in [0.25, 0.3) is 0 Å². The minimum atomic E-state index is -3.00. The van der Waals surface area contributed by atoms with Crippen molar-refractivity contribution in [1.82, 2.24) is 0 Å². The van der Waals surface area contributed by atoms with Gasteiger partial charge in [-0.25, -0.2) is 8.42 Å². The molecule has 1 saturated heterocycles. The molecule has 1 aromatic rings. The zero-order valence-corrected chi connectivity index (χ0v) is 14.0. The Hall–Kier alpha value is -0.0400. The molecule has 0 saturated carbocycles. The smallest absolute Gasteiger partial charge is 0.191 e. The number of thioether (sulfide) groups is 1. The minimum Gasteiger partial charge on any atom is -0.330 e. The van der Waals surface area contributed by atoms with E-state index in [1.807, 2.05) is 5.38 Å². The summed E-state index contributed by atoms with van der Waals surface area (Å²) in [4.78, 5) is 0. The highest BCUT2D eigenvalue weighted by molar-refractivity contribution is 8.01. The van der Waals surface area contributed by atoms with E-state index in [9.17, 15) is 8.42 Å². The van der Waals surface area contributed by atoms with Crippen molar-refractivity contribution in [3.8, 4) is 0 Å². The van der Waals surface area contributed by atoms with Gasteiger partial charge in [0.25, 0.3) is 0 Å². The van der Waals surface area contributed by atoms with Crippen LogP contribution < -0.4 is 5.73 Å². The summed E-state index contributed by atoms with van der Waals surface area (Å²) in [7, 11) is -3.00. The Morgan fingerprint density at radius 3 is 2.58 bits per heavy atom. The van der Waals surface area contributed by atoms with Crippen molar-refractivity contribution in [2.45, 2.75) is 36.1 Å². The van der Waals surface area contributed by atoms with Crippen molar-refractivity contribution >= 4 is 32.9 Å². The lowest BCUT2D eigenvalue weighted by atomic mass is 10.1. The van der Waals surface area contributed by atoms with Crippen LogP contribution in [0.2, 0.25) is 0 Å². The first-order valence-corrected chi connectivity index (χ1v) is 10.1. The van der Waals surface area contributed by atoms with Crippen LogP contribution in [-0.4, -0.2) is 31.7 Å². The quantitative estimate of drug-likeness (QED) is 0.926. The zero-order valence-electron chi connectivity index (χ0n) is 11.5. The van der Waals surface area contributed by atoms with E-state index < -0.39 is 9.84 Å². The Labute approximate surface area is 124 Å². The van der Waals surface area contributed by atoms with Gasteiger partial charge in [0.2, 0.25) is 0 Å². The van der Waals surface area contributed by atoms with Gasteiger partial charge in [-0.3, -0.25) is 0 Å². The fourth-order valence-corrected chi connectivity index (χ4v) is 6.47. The van der Waals surface area contributed by atoms with E-state index in [2.05, 4.69) is 13.8 Å². The summed E-state index contributed by atoms with van der Waals surface area (Å²) in [5.74, 6) is 2.52. The number of sulfone groups is 1. The first-order chi connectivity index (χ1) is 8.98. The molecular weight excluding hydrogens is 298 g/mol. The minimum absolute atomic E-state index is 0.142. The molecule has 1 unspecified atom stereocenters. The van der Waals surface area contributed by atoms with Crippen LogP contribution in [0.3, 0.4) is 0 Å².